The third-order valence-electron chi connectivity index (χ3n) is 3.61. The van der Waals surface area contributed by atoms with Gasteiger partial charge < -0.3 is 5.73 Å². The van der Waals surface area contributed by atoms with Crippen molar-refractivity contribution in [2.45, 2.75) is 33.2 Å². The van der Waals surface area contributed by atoms with Gasteiger partial charge in [0.2, 0.25) is 0 Å². The number of carbonyl (C=O) groups is 1. The van der Waals surface area contributed by atoms with Crippen LogP contribution in [0.2, 0.25) is 0 Å². The maximum atomic E-state index is 12.5. The molecule has 108 valence electrons. The number of nitrogens with two attached hydrogens (primary N) is 1. The van der Waals surface area contributed by atoms with Crippen molar-refractivity contribution >= 4 is 11.6 Å². The molecule has 0 fully saturated rings. The van der Waals surface area contributed by atoms with Gasteiger partial charge in [-0.05, 0) is 30.9 Å². The summed E-state index contributed by atoms with van der Waals surface area (Å²) in [5.41, 5.74) is 7.67. The number of hydrogen-bond donors (Lipinski definition) is 1. The number of carbonyl (C=O) groups excluding carboxylic acids is 1. The zero-order chi connectivity index (χ0) is 14.5. The molecule has 1 aliphatic rings. The molecule has 1 amide bonds. The van der Waals surface area contributed by atoms with Crippen molar-refractivity contribution in [3.63, 3.8) is 0 Å². The predicted molar refractivity (Wildman–Crippen MR) is 81.0 cm³/mol. The Balaban J connectivity index is 2.12. The van der Waals surface area contributed by atoms with Gasteiger partial charge in [-0.3, -0.25) is 4.79 Å². The van der Waals surface area contributed by atoms with Crippen LogP contribution in [0.4, 0.5) is 0 Å². The fourth-order valence-electron chi connectivity index (χ4n) is 2.55. The zero-order valence-corrected chi connectivity index (χ0v) is 12.2. The molecule has 0 spiro atoms. The van der Waals surface area contributed by atoms with E-state index >= 15 is 0 Å². The Hall–Kier alpha value is -1.68. The topological polar surface area (TPSA) is 58.7 Å². The van der Waals surface area contributed by atoms with E-state index in [4.69, 9.17) is 5.73 Å². The van der Waals surface area contributed by atoms with Crippen molar-refractivity contribution in [1.82, 2.24) is 5.01 Å². The van der Waals surface area contributed by atoms with Crippen LogP contribution in [0.3, 0.4) is 0 Å². The monoisotopic (exact) mass is 273 g/mol. The Morgan fingerprint density at radius 2 is 2.00 bits per heavy atom. The van der Waals surface area contributed by atoms with Crippen LogP contribution in [0.15, 0.2) is 35.4 Å². The van der Waals surface area contributed by atoms with Crippen molar-refractivity contribution in [3.05, 3.63) is 35.9 Å². The van der Waals surface area contributed by atoms with Crippen LogP contribution in [-0.4, -0.2) is 23.2 Å². The summed E-state index contributed by atoms with van der Waals surface area (Å²) in [5, 5.41) is 6.17. The molecule has 20 heavy (non-hydrogen) atoms. The molecular weight excluding hydrogens is 250 g/mol. The lowest BCUT2D eigenvalue weighted by Gasteiger charge is -2.15. The molecule has 4 nitrogen and oxygen atoms in total. The van der Waals surface area contributed by atoms with E-state index < -0.39 is 0 Å². The molecule has 2 N–H and O–H groups in total. The van der Waals surface area contributed by atoms with Crippen LogP contribution in [0.5, 0.6) is 0 Å². The van der Waals surface area contributed by atoms with E-state index in [1.165, 1.54) is 0 Å². The molecule has 4 heteroatoms. The zero-order valence-electron chi connectivity index (χ0n) is 12.2. The van der Waals surface area contributed by atoms with Crippen LogP contribution >= 0.6 is 0 Å². The molecule has 1 atom stereocenters. The summed E-state index contributed by atoms with van der Waals surface area (Å²) in [6.07, 6.45) is 1.67. The predicted octanol–water partition coefficient (Wildman–Crippen LogP) is 2.40. The highest BCUT2D eigenvalue weighted by Gasteiger charge is 2.36. The van der Waals surface area contributed by atoms with Gasteiger partial charge in [-0.15, -0.1) is 0 Å². The molecule has 0 saturated heterocycles. The lowest BCUT2D eigenvalue weighted by Crippen LogP contribution is -2.29. The summed E-state index contributed by atoms with van der Waals surface area (Å²) in [5.74, 6) is 0.329. The van der Waals surface area contributed by atoms with Crippen LogP contribution < -0.4 is 5.73 Å². The smallest absolute Gasteiger partial charge is 0.251 e. The van der Waals surface area contributed by atoms with Crippen molar-refractivity contribution in [2.75, 3.05) is 6.54 Å². The third-order valence-corrected chi connectivity index (χ3v) is 3.61. The molecule has 0 aliphatic carbocycles. The Morgan fingerprint density at radius 1 is 1.30 bits per heavy atom. The van der Waals surface area contributed by atoms with Gasteiger partial charge in [0.25, 0.3) is 5.91 Å². The third kappa shape index (κ3) is 3.25. The second kappa shape index (κ2) is 6.66. The molecule has 0 aromatic heterocycles. The van der Waals surface area contributed by atoms with Crippen molar-refractivity contribution in [3.8, 4) is 0 Å². The van der Waals surface area contributed by atoms with E-state index in [1.807, 2.05) is 30.3 Å². The molecule has 1 aliphatic heterocycles. The first kappa shape index (κ1) is 14.7. The highest BCUT2D eigenvalue weighted by molar-refractivity contribution is 6.08. The average molecular weight is 273 g/mol. The highest BCUT2D eigenvalue weighted by atomic mass is 16.2. The van der Waals surface area contributed by atoms with Gasteiger partial charge in [0.05, 0.1) is 18.2 Å². The average Bonchev–Trinajstić information content (AvgIpc) is 2.75. The summed E-state index contributed by atoms with van der Waals surface area (Å²) in [7, 11) is 0. The van der Waals surface area contributed by atoms with Crippen LogP contribution in [0.1, 0.15) is 32.3 Å². The number of hydrazone groups is 1. The number of benzene rings is 1. The van der Waals surface area contributed by atoms with E-state index in [0.29, 0.717) is 19.0 Å². The largest absolute Gasteiger partial charge is 0.330 e. The van der Waals surface area contributed by atoms with E-state index in [0.717, 1.165) is 24.1 Å². The second-order valence-electron chi connectivity index (χ2n) is 5.54. The number of amides is 1. The number of nitrogens with zero attached hydrogens (tertiary/aromatic N) is 2. The van der Waals surface area contributed by atoms with Crippen molar-refractivity contribution < 1.29 is 4.79 Å². The van der Waals surface area contributed by atoms with Gasteiger partial charge in [-0.25, -0.2) is 5.01 Å². The summed E-state index contributed by atoms with van der Waals surface area (Å²) < 4.78 is 0. The van der Waals surface area contributed by atoms with Gasteiger partial charge in [-0.2, -0.15) is 5.10 Å². The van der Waals surface area contributed by atoms with E-state index in [1.54, 1.807) is 5.01 Å². The quantitative estimate of drug-likeness (QED) is 0.865. The fourth-order valence-corrected chi connectivity index (χ4v) is 2.55. The minimum atomic E-state index is -0.0812. The van der Waals surface area contributed by atoms with Crippen molar-refractivity contribution in [1.29, 1.82) is 0 Å². The molecule has 1 heterocycles. The summed E-state index contributed by atoms with van der Waals surface area (Å²) >= 11 is 0. The summed E-state index contributed by atoms with van der Waals surface area (Å²) in [4.78, 5) is 12.5. The Kier molecular flexibility index (Phi) is 4.90. The molecule has 0 bridgehead atoms. The van der Waals surface area contributed by atoms with Gasteiger partial charge in [0.15, 0.2) is 0 Å². The van der Waals surface area contributed by atoms with E-state index in [9.17, 15) is 4.79 Å². The highest BCUT2D eigenvalue weighted by Crippen LogP contribution is 2.26. The molecule has 1 aromatic carbocycles. The first-order chi connectivity index (χ1) is 9.63. The first-order valence-electron chi connectivity index (χ1n) is 7.27. The Labute approximate surface area is 120 Å². The maximum absolute atomic E-state index is 12.5. The summed E-state index contributed by atoms with van der Waals surface area (Å²) in [6, 6.07) is 9.97. The van der Waals surface area contributed by atoms with Gasteiger partial charge >= 0.3 is 0 Å². The SMILES string of the molecule is CC(C)C1=NN(Cc2ccccc2)C(=O)C1CCCN. The lowest BCUT2D eigenvalue weighted by atomic mass is 9.90. The molecule has 1 unspecified atom stereocenters. The standard InChI is InChI=1S/C16H23N3O/c1-12(2)15-14(9-6-10-17)16(20)19(18-15)11-13-7-4-3-5-8-13/h3-5,7-8,12,14H,6,9-11,17H2,1-2H3. The van der Waals surface area contributed by atoms with Gasteiger partial charge in [0.1, 0.15) is 0 Å². The second-order valence-corrected chi connectivity index (χ2v) is 5.54. The molecule has 0 radical (unpaired) electrons. The van der Waals surface area contributed by atoms with Crippen LogP contribution in [0.25, 0.3) is 0 Å². The van der Waals surface area contributed by atoms with Crippen LogP contribution in [-0.2, 0) is 11.3 Å². The molecule has 1 aromatic rings. The minimum Gasteiger partial charge on any atom is -0.330 e. The Morgan fingerprint density at radius 3 is 2.60 bits per heavy atom. The molecule has 2 rings (SSSR count). The number of rotatable bonds is 6. The van der Waals surface area contributed by atoms with E-state index in [-0.39, 0.29) is 11.8 Å². The van der Waals surface area contributed by atoms with Gasteiger partial charge in [0, 0.05) is 0 Å². The molecule has 0 saturated carbocycles. The molecular formula is C16H23N3O. The van der Waals surface area contributed by atoms with Crippen molar-refractivity contribution in [2.24, 2.45) is 22.7 Å². The Bertz CT molecular complexity index is 482. The maximum Gasteiger partial charge on any atom is 0.251 e. The van der Waals surface area contributed by atoms with Crippen LogP contribution in [0, 0.1) is 11.8 Å². The number of hydrogen-bond acceptors (Lipinski definition) is 3. The lowest BCUT2D eigenvalue weighted by molar-refractivity contribution is -0.132. The van der Waals surface area contributed by atoms with Gasteiger partial charge in [-0.1, -0.05) is 44.2 Å². The fraction of sp³-hybridized carbons (Fsp3) is 0.500. The normalized spacial score (nSPS) is 18.8. The van der Waals surface area contributed by atoms with E-state index in [2.05, 4.69) is 18.9 Å². The summed E-state index contributed by atoms with van der Waals surface area (Å²) in [6.45, 7) is 5.35. The minimum absolute atomic E-state index is 0.0812. The first-order valence-corrected chi connectivity index (χ1v) is 7.27.